The maximum absolute atomic E-state index is 12.3. The van der Waals surface area contributed by atoms with Crippen LogP contribution in [0.3, 0.4) is 0 Å². The number of aromatic amines is 1. The number of hydrogen-bond acceptors (Lipinski definition) is 1. The van der Waals surface area contributed by atoms with E-state index < -0.39 is 0 Å². The molecule has 3 nitrogen and oxygen atoms in total. The molecule has 1 amide bonds. The van der Waals surface area contributed by atoms with Crippen LogP contribution in [0, 0.1) is 6.92 Å². The summed E-state index contributed by atoms with van der Waals surface area (Å²) in [6.45, 7) is 2.58. The molecule has 0 aliphatic carbocycles. The van der Waals surface area contributed by atoms with E-state index in [1.807, 2.05) is 49.4 Å². The number of aromatic nitrogens is 1. The number of carbonyl (C=O) groups excluding carboxylic acids is 1. The summed E-state index contributed by atoms with van der Waals surface area (Å²) in [6, 6.07) is 13.3. The van der Waals surface area contributed by atoms with Crippen molar-refractivity contribution in [3.8, 4) is 0 Å². The third kappa shape index (κ3) is 3.92. The number of nitrogens with one attached hydrogen (secondary N) is 2. The van der Waals surface area contributed by atoms with Crippen LogP contribution in [0.2, 0.25) is 10.0 Å². The SMILES string of the molecule is Cc1[nH]c2ccc(Cl)cc2c1CC(=O)NCCc1ccc(Cl)cc1. The normalized spacial score (nSPS) is 11.0. The van der Waals surface area contributed by atoms with Crippen LogP contribution >= 0.6 is 23.2 Å². The van der Waals surface area contributed by atoms with Gasteiger partial charge in [0.1, 0.15) is 0 Å². The Bertz CT molecular complexity index is 869. The van der Waals surface area contributed by atoms with E-state index in [1.165, 1.54) is 0 Å². The predicted molar refractivity (Wildman–Crippen MR) is 99.9 cm³/mol. The fraction of sp³-hybridized carbons (Fsp3) is 0.211. The molecule has 0 saturated heterocycles. The summed E-state index contributed by atoms with van der Waals surface area (Å²) in [4.78, 5) is 15.6. The lowest BCUT2D eigenvalue weighted by molar-refractivity contribution is -0.120. The smallest absolute Gasteiger partial charge is 0.224 e. The molecule has 0 spiro atoms. The van der Waals surface area contributed by atoms with E-state index in [4.69, 9.17) is 23.2 Å². The van der Waals surface area contributed by atoms with Gasteiger partial charge in [0.05, 0.1) is 6.42 Å². The molecule has 0 saturated carbocycles. The van der Waals surface area contributed by atoms with E-state index in [2.05, 4.69) is 10.3 Å². The highest BCUT2D eigenvalue weighted by atomic mass is 35.5. The fourth-order valence-corrected chi connectivity index (χ4v) is 3.10. The summed E-state index contributed by atoms with van der Waals surface area (Å²) in [5, 5.41) is 5.37. The van der Waals surface area contributed by atoms with Crippen LogP contribution in [0.5, 0.6) is 0 Å². The first-order valence-electron chi connectivity index (χ1n) is 7.81. The molecule has 2 N–H and O–H groups in total. The van der Waals surface area contributed by atoms with Gasteiger partial charge in [0.2, 0.25) is 5.91 Å². The molecule has 0 atom stereocenters. The highest BCUT2D eigenvalue weighted by molar-refractivity contribution is 6.31. The fourth-order valence-electron chi connectivity index (χ4n) is 2.80. The van der Waals surface area contributed by atoms with E-state index in [-0.39, 0.29) is 5.91 Å². The zero-order valence-electron chi connectivity index (χ0n) is 13.3. The number of rotatable bonds is 5. The molecule has 0 aliphatic heterocycles. The van der Waals surface area contributed by atoms with Gasteiger partial charge in [-0.2, -0.15) is 0 Å². The van der Waals surface area contributed by atoms with Crippen molar-refractivity contribution in [1.29, 1.82) is 0 Å². The van der Waals surface area contributed by atoms with Crippen molar-refractivity contribution in [2.24, 2.45) is 0 Å². The molecular weight excluding hydrogens is 343 g/mol. The maximum Gasteiger partial charge on any atom is 0.224 e. The second kappa shape index (κ2) is 7.29. The zero-order chi connectivity index (χ0) is 17.1. The molecule has 24 heavy (non-hydrogen) atoms. The Morgan fingerprint density at radius 3 is 2.54 bits per heavy atom. The molecule has 1 heterocycles. The minimum atomic E-state index is 0.00735. The van der Waals surface area contributed by atoms with Crippen LogP contribution < -0.4 is 5.32 Å². The van der Waals surface area contributed by atoms with Crippen molar-refractivity contribution < 1.29 is 4.79 Å². The number of benzene rings is 2. The molecule has 0 bridgehead atoms. The Labute approximate surface area is 151 Å². The Balaban J connectivity index is 1.61. The van der Waals surface area contributed by atoms with E-state index in [1.54, 1.807) is 0 Å². The first-order valence-corrected chi connectivity index (χ1v) is 8.56. The molecular formula is C19H18Cl2N2O. The van der Waals surface area contributed by atoms with E-state index in [0.717, 1.165) is 39.2 Å². The average molecular weight is 361 g/mol. The molecule has 0 fully saturated rings. The number of H-pyrrole nitrogens is 1. The molecule has 5 heteroatoms. The van der Waals surface area contributed by atoms with Gasteiger partial charge in [-0.3, -0.25) is 4.79 Å². The quantitative estimate of drug-likeness (QED) is 0.681. The standard InChI is InChI=1S/C19H18Cl2N2O/c1-12-16(17-10-15(21)6-7-18(17)23-12)11-19(24)22-9-8-13-2-4-14(20)5-3-13/h2-7,10,23H,8-9,11H2,1H3,(H,22,24). The van der Waals surface area contributed by atoms with Gasteiger partial charge in [-0.05, 0) is 54.8 Å². The van der Waals surface area contributed by atoms with Crippen molar-refractivity contribution in [1.82, 2.24) is 10.3 Å². The largest absolute Gasteiger partial charge is 0.358 e. The van der Waals surface area contributed by atoms with Gasteiger partial charge in [-0.15, -0.1) is 0 Å². The predicted octanol–water partition coefficient (Wildman–Crippen LogP) is 4.68. The molecule has 3 aromatic rings. The first kappa shape index (κ1) is 16.9. The Morgan fingerprint density at radius 2 is 1.79 bits per heavy atom. The molecule has 124 valence electrons. The highest BCUT2D eigenvalue weighted by Gasteiger charge is 2.12. The van der Waals surface area contributed by atoms with Crippen molar-refractivity contribution in [3.05, 3.63) is 69.3 Å². The number of fused-ring (bicyclic) bond motifs is 1. The lowest BCUT2D eigenvalue weighted by atomic mass is 10.1. The van der Waals surface area contributed by atoms with Gasteiger partial charge in [0.25, 0.3) is 0 Å². The molecule has 0 aliphatic rings. The third-order valence-electron chi connectivity index (χ3n) is 4.07. The van der Waals surface area contributed by atoms with Gasteiger partial charge >= 0.3 is 0 Å². The number of halogens is 2. The van der Waals surface area contributed by atoms with Crippen molar-refractivity contribution in [2.45, 2.75) is 19.8 Å². The Kier molecular flexibility index (Phi) is 5.12. The summed E-state index contributed by atoms with van der Waals surface area (Å²) in [5.41, 5.74) is 4.15. The minimum Gasteiger partial charge on any atom is -0.358 e. The second-order valence-electron chi connectivity index (χ2n) is 5.82. The van der Waals surface area contributed by atoms with Gasteiger partial charge in [-0.25, -0.2) is 0 Å². The third-order valence-corrected chi connectivity index (χ3v) is 4.56. The first-order chi connectivity index (χ1) is 11.5. The average Bonchev–Trinajstić information content (AvgIpc) is 2.85. The zero-order valence-corrected chi connectivity index (χ0v) is 14.8. The van der Waals surface area contributed by atoms with E-state index in [9.17, 15) is 4.79 Å². The van der Waals surface area contributed by atoms with Crippen LogP contribution in [0.4, 0.5) is 0 Å². The highest BCUT2D eigenvalue weighted by Crippen LogP contribution is 2.25. The molecule has 2 aromatic carbocycles. The number of hydrogen-bond donors (Lipinski definition) is 2. The molecule has 0 unspecified atom stereocenters. The van der Waals surface area contributed by atoms with Crippen LogP contribution in [0.25, 0.3) is 10.9 Å². The lowest BCUT2D eigenvalue weighted by Crippen LogP contribution is -2.27. The lowest BCUT2D eigenvalue weighted by Gasteiger charge is -2.06. The number of amides is 1. The summed E-state index contributed by atoms with van der Waals surface area (Å²) in [5.74, 6) is 0.00735. The summed E-state index contributed by atoms with van der Waals surface area (Å²) in [7, 11) is 0. The maximum atomic E-state index is 12.3. The second-order valence-corrected chi connectivity index (χ2v) is 6.69. The van der Waals surface area contributed by atoms with Gasteiger partial charge in [0, 0.05) is 33.2 Å². The van der Waals surface area contributed by atoms with Gasteiger partial charge in [-0.1, -0.05) is 35.3 Å². The number of carbonyl (C=O) groups is 1. The van der Waals surface area contributed by atoms with Gasteiger partial charge < -0.3 is 10.3 Å². The monoisotopic (exact) mass is 360 g/mol. The van der Waals surface area contributed by atoms with Crippen molar-refractivity contribution in [3.63, 3.8) is 0 Å². The van der Waals surface area contributed by atoms with Crippen LogP contribution in [0.1, 0.15) is 16.8 Å². The minimum absolute atomic E-state index is 0.00735. The van der Waals surface area contributed by atoms with Crippen LogP contribution in [-0.4, -0.2) is 17.4 Å². The van der Waals surface area contributed by atoms with Gasteiger partial charge in [0.15, 0.2) is 0 Å². The van der Waals surface area contributed by atoms with Crippen molar-refractivity contribution >= 4 is 40.0 Å². The molecule has 1 aromatic heterocycles. The topological polar surface area (TPSA) is 44.9 Å². The Morgan fingerprint density at radius 1 is 1.08 bits per heavy atom. The van der Waals surface area contributed by atoms with E-state index >= 15 is 0 Å². The van der Waals surface area contributed by atoms with Crippen molar-refractivity contribution in [2.75, 3.05) is 6.54 Å². The molecule has 0 radical (unpaired) electrons. The Hall–Kier alpha value is -1.97. The summed E-state index contributed by atoms with van der Waals surface area (Å²) < 4.78 is 0. The summed E-state index contributed by atoms with van der Waals surface area (Å²) >= 11 is 11.9. The number of aryl methyl sites for hydroxylation is 1. The summed E-state index contributed by atoms with van der Waals surface area (Å²) in [6.07, 6.45) is 1.12. The van der Waals surface area contributed by atoms with E-state index in [0.29, 0.717) is 18.0 Å². The van der Waals surface area contributed by atoms with Crippen LogP contribution in [-0.2, 0) is 17.6 Å². The molecule has 3 rings (SSSR count). The van der Waals surface area contributed by atoms with Crippen LogP contribution in [0.15, 0.2) is 42.5 Å².